The summed E-state index contributed by atoms with van der Waals surface area (Å²) in [5, 5.41) is 0. The standard InChI is InChI=1S/C19H22O/c1-13-14(2)19(16-9-11-17(20-3)12-10-16)18(13)15-7-5-4-6-8-15/h4-14,18-19H,1-3H3. The van der Waals surface area contributed by atoms with Gasteiger partial charge in [0.15, 0.2) is 0 Å². The van der Waals surface area contributed by atoms with Gasteiger partial charge in [0.25, 0.3) is 0 Å². The quantitative estimate of drug-likeness (QED) is 0.771. The highest BCUT2D eigenvalue weighted by Gasteiger charge is 2.46. The lowest BCUT2D eigenvalue weighted by Crippen LogP contribution is -2.39. The van der Waals surface area contributed by atoms with Crippen LogP contribution in [0.2, 0.25) is 0 Å². The van der Waals surface area contributed by atoms with Gasteiger partial charge in [0.05, 0.1) is 7.11 Å². The van der Waals surface area contributed by atoms with Crippen molar-refractivity contribution < 1.29 is 4.74 Å². The number of hydrogen-bond donors (Lipinski definition) is 0. The minimum absolute atomic E-state index is 0.623. The molecule has 0 radical (unpaired) electrons. The zero-order chi connectivity index (χ0) is 14.1. The molecule has 0 aromatic heterocycles. The van der Waals surface area contributed by atoms with Crippen LogP contribution in [0.25, 0.3) is 0 Å². The van der Waals surface area contributed by atoms with Crippen LogP contribution in [-0.4, -0.2) is 7.11 Å². The summed E-state index contributed by atoms with van der Waals surface area (Å²) < 4.78 is 5.26. The Balaban J connectivity index is 1.90. The number of hydrogen-bond acceptors (Lipinski definition) is 1. The van der Waals surface area contributed by atoms with Crippen molar-refractivity contribution in [3.8, 4) is 5.75 Å². The number of rotatable bonds is 3. The number of methoxy groups -OCH3 is 1. The lowest BCUT2D eigenvalue weighted by molar-refractivity contribution is 0.123. The molecule has 20 heavy (non-hydrogen) atoms. The van der Waals surface area contributed by atoms with E-state index in [9.17, 15) is 0 Å². The van der Waals surface area contributed by atoms with Gasteiger partial charge in [0.1, 0.15) is 5.75 Å². The summed E-state index contributed by atoms with van der Waals surface area (Å²) in [7, 11) is 1.72. The normalized spacial score (nSPS) is 28.8. The Morgan fingerprint density at radius 3 is 1.70 bits per heavy atom. The van der Waals surface area contributed by atoms with Crippen molar-refractivity contribution in [3.05, 3.63) is 65.7 Å². The average molecular weight is 266 g/mol. The van der Waals surface area contributed by atoms with Gasteiger partial charge in [-0.3, -0.25) is 0 Å². The van der Waals surface area contributed by atoms with Gasteiger partial charge in [0.2, 0.25) is 0 Å². The summed E-state index contributed by atoms with van der Waals surface area (Å²) in [6.45, 7) is 4.75. The van der Waals surface area contributed by atoms with Gasteiger partial charge in [-0.05, 0) is 46.9 Å². The van der Waals surface area contributed by atoms with Crippen molar-refractivity contribution in [1.82, 2.24) is 0 Å². The van der Waals surface area contributed by atoms with E-state index in [0.29, 0.717) is 11.8 Å². The molecule has 1 aliphatic carbocycles. The molecule has 0 aliphatic heterocycles. The van der Waals surface area contributed by atoms with E-state index in [0.717, 1.165) is 17.6 Å². The van der Waals surface area contributed by atoms with Gasteiger partial charge in [-0.25, -0.2) is 0 Å². The van der Waals surface area contributed by atoms with Gasteiger partial charge in [0, 0.05) is 0 Å². The summed E-state index contributed by atoms with van der Waals surface area (Å²) >= 11 is 0. The van der Waals surface area contributed by atoms with E-state index in [4.69, 9.17) is 4.74 Å². The van der Waals surface area contributed by atoms with Gasteiger partial charge >= 0.3 is 0 Å². The summed E-state index contributed by atoms with van der Waals surface area (Å²) in [6.07, 6.45) is 0. The summed E-state index contributed by atoms with van der Waals surface area (Å²) in [6, 6.07) is 19.5. The molecule has 4 atom stereocenters. The molecule has 0 amide bonds. The second-order valence-corrected chi connectivity index (χ2v) is 5.95. The van der Waals surface area contributed by atoms with Crippen LogP contribution in [0.5, 0.6) is 5.75 Å². The van der Waals surface area contributed by atoms with E-state index in [2.05, 4.69) is 68.4 Å². The largest absolute Gasteiger partial charge is 0.497 e. The van der Waals surface area contributed by atoms with Crippen LogP contribution in [0.1, 0.15) is 36.8 Å². The first-order valence-electron chi connectivity index (χ1n) is 7.41. The zero-order valence-electron chi connectivity index (χ0n) is 12.4. The Bertz CT molecular complexity index is 558. The highest BCUT2D eigenvalue weighted by atomic mass is 16.5. The fraction of sp³-hybridized carbons (Fsp3) is 0.368. The average Bonchev–Trinajstić information content (AvgIpc) is 2.52. The minimum Gasteiger partial charge on any atom is -0.497 e. The maximum atomic E-state index is 5.26. The van der Waals surface area contributed by atoms with Gasteiger partial charge in [-0.1, -0.05) is 56.3 Å². The van der Waals surface area contributed by atoms with Gasteiger partial charge in [-0.15, -0.1) is 0 Å². The monoisotopic (exact) mass is 266 g/mol. The first-order chi connectivity index (χ1) is 9.72. The molecular formula is C19H22O. The molecule has 0 N–H and O–H groups in total. The van der Waals surface area contributed by atoms with Crippen molar-refractivity contribution in [3.63, 3.8) is 0 Å². The highest BCUT2D eigenvalue weighted by molar-refractivity contribution is 5.37. The molecule has 0 heterocycles. The lowest BCUT2D eigenvalue weighted by atomic mass is 9.54. The predicted octanol–water partition coefficient (Wildman–Crippen LogP) is 4.85. The van der Waals surface area contributed by atoms with E-state index in [1.165, 1.54) is 11.1 Å². The van der Waals surface area contributed by atoms with Crippen LogP contribution < -0.4 is 4.74 Å². The molecule has 1 heteroatoms. The predicted molar refractivity (Wildman–Crippen MR) is 83.2 cm³/mol. The molecule has 104 valence electrons. The third-order valence-corrected chi connectivity index (χ3v) is 5.03. The molecule has 0 saturated heterocycles. The van der Waals surface area contributed by atoms with Crippen molar-refractivity contribution in [2.45, 2.75) is 25.7 Å². The topological polar surface area (TPSA) is 9.23 Å². The van der Waals surface area contributed by atoms with Crippen molar-refractivity contribution >= 4 is 0 Å². The third kappa shape index (κ3) is 2.11. The molecule has 4 unspecified atom stereocenters. The Kier molecular flexibility index (Phi) is 3.52. The lowest BCUT2D eigenvalue weighted by Gasteiger charge is -2.50. The SMILES string of the molecule is COc1ccc(C2C(C)C(C)C2c2ccccc2)cc1. The fourth-order valence-electron chi connectivity index (χ4n) is 3.69. The minimum atomic E-state index is 0.623. The molecule has 1 aliphatic rings. The van der Waals surface area contributed by atoms with Gasteiger partial charge < -0.3 is 4.74 Å². The van der Waals surface area contributed by atoms with E-state index < -0.39 is 0 Å². The zero-order valence-corrected chi connectivity index (χ0v) is 12.4. The molecule has 1 fully saturated rings. The van der Waals surface area contributed by atoms with Crippen LogP contribution >= 0.6 is 0 Å². The molecule has 2 aromatic rings. The van der Waals surface area contributed by atoms with Crippen molar-refractivity contribution in [2.75, 3.05) is 7.11 Å². The molecular weight excluding hydrogens is 244 g/mol. The Morgan fingerprint density at radius 1 is 0.700 bits per heavy atom. The maximum Gasteiger partial charge on any atom is 0.118 e. The van der Waals surface area contributed by atoms with Gasteiger partial charge in [-0.2, -0.15) is 0 Å². The van der Waals surface area contributed by atoms with E-state index in [1.54, 1.807) is 7.11 Å². The Hall–Kier alpha value is -1.76. The van der Waals surface area contributed by atoms with Crippen LogP contribution in [0.4, 0.5) is 0 Å². The summed E-state index contributed by atoms with van der Waals surface area (Å²) in [5.74, 6) is 3.67. The third-order valence-electron chi connectivity index (χ3n) is 5.03. The fourth-order valence-corrected chi connectivity index (χ4v) is 3.69. The van der Waals surface area contributed by atoms with E-state index in [1.807, 2.05) is 0 Å². The van der Waals surface area contributed by atoms with Crippen LogP contribution in [0.15, 0.2) is 54.6 Å². The highest BCUT2D eigenvalue weighted by Crippen LogP contribution is 2.57. The number of benzene rings is 2. The Morgan fingerprint density at radius 2 is 1.20 bits per heavy atom. The molecule has 1 saturated carbocycles. The van der Waals surface area contributed by atoms with Crippen LogP contribution in [-0.2, 0) is 0 Å². The molecule has 0 spiro atoms. The smallest absolute Gasteiger partial charge is 0.118 e. The molecule has 3 rings (SSSR count). The molecule has 2 aromatic carbocycles. The van der Waals surface area contributed by atoms with Crippen LogP contribution in [0, 0.1) is 11.8 Å². The first kappa shape index (κ1) is 13.2. The Labute approximate surface area is 121 Å². The molecule has 0 bridgehead atoms. The van der Waals surface area contributed by atoms with Crippen LogP contribution in [0.3, 0.4) is 0 Å². The van der Waals surface area contributed by atoms with Crippen molar-refractivity contribution in [1.29, 1.82) is 0 Å². The summed E-state index contributed by atoms with van der Waals surface area (Å²) in [5.41, 5.74) is 2.91. The first-order valence-corrected chi connectivity index (χ1v) is 7.41. The second-order valence-electron chi connectivity index (χ2n) is 5.95. The van der Waals surface area contributed by atoms with E-state index >= 15 is 0 Å². The second kappa shape index (κ2) is 5.32. The summed E-state index contributed by atoms with van der Waals surface area (Å²) in [4.78, 5) is 0. The number of ether oxygens (including phenoxy) is 1. The van der Waals surface area contributed by atoms with Crippen molar-refractivity contribution in [2.24, 2.45) is 11.8 Å². The van der Waals surface area contributed by atoms with E-state index in [-0.39, 0.29) is 0 Å². The molecule has 1 nitrogen and oxygen atoms in total. The maximum absolute atomic E-state index is 5.26.